The van der Waals surface area contributed by atoms with Crippen molar-refractivity contribution in [3.05, 3.63) is 42.4 Å². The van der Waals surface area contributed by atoms with Crippen LogP contribution in [0.2, 0.25) is 0 Å². The molecule has 1 atom stereocenters. The van der Waals surface area contributed by atoms with Gasteiger partial charge in [-0.2, -0.15) is 0 Å². The van der Waals surface area contributed by atoms with E-state index in [1.54, 1.807) is 6.20 Å². The van der Waals surface area contributed by atoms with Crippen LogP contribution in [0, 0.1) is 5.41 Å². The van der Waals surface area contributed by atoms with Gasteiger partial charge in [0.2, 0.25) is 5.91 Å². The molecule has 0 aliphatic carbocycles. The van der Waals surface area contributed by atoms with Crippen molar-refractivity contribution in [3.8, 4) is 11.5 Å². The molecular formula is C21H27N5O. The highest BCUT2D eigenvalue weighted by atomic mass is 16.2. The monoisotopic (exact) mass is 365 g/mol. The Bertz CT molecular complexity index is 779. The van der Waals surface area contributed by atoms with E-state index in [1.807, 2.05) is 35.5 Å². The maximum atomic E-state index is 12.1. The molecule has 6 nitrogen and oxygen atoms in total. The van der Waals surface area contributed by atoms with Gasteiger partial charge in [0.15, 0.2) is 5.82 Å². The van der Waals surface area contributed by atoms with Crippen molar-refractivity contribution in [2.75, 3.05) is 26.2 Å². The van der Waals surface area contributed by atoms with Gasteiger partial charge in [-0.25, -0.2) is 9.97 Å². The summed E-state index contributed by atoms with van der Waals surface area (Å²) >= 11 is 0. The molecule has 2 aliphatic rings. The smallest absolute Gasteiger partial charge is 0.222 e. The number of hydrogen-bond acceptors (Lipinski definition) is 5. The first-order valence-corrected chi connectivity index (χ1v) is 9.90. The zero-order valence-corrected chi connectivity index (χ0v) is 16.0. The first kappa shape index (κ1) is 18.0. The predicted octanol–water partition coefficient (Wildman–Crippen LogP) is 2.76. The molecule has 0 bridgehead atoms. The van der Waals surface area contributed by atoms with Gasteiger partial charge < -0.3 is 4.90 Å². The molecule has 0 radical (unpaired) electrons. The Morgan fingerprint density at radius 3 is 2.70 bits per heavy atom. The van der Waals surface area contributed by atoms with Crippen molar-refractivity contribution >= 4 is 5.91 Å². The van der Waals surface area contributed by atoms with Gasteiger partial charge >= 0.3 is 0 Å². The summed E-state index contributed by atoms with van der Waals surface area (Å²) in [7, 11) is 0. The molecular weight excluding hydrogens is 338 g/mol. The van der Waals surface area contributed by atoms with Gasteiger partial charge in [0.05, 0.1) is 0 Å². The molecule has 0 unspecified atom stereocenters. The van der Waals surface area contributed by atoms with Gasteiger partial charge in [-0.1, -0.05) is 6.07 Å². The Labute approximate surface area is 160 Å². The topological polar surface area (TPSA) is 62.2 Å². The third-order valence-electron chi connectivity index (χ3n) is 5.88. The van der Waals surface area contributed by atoms with Gasteiger partial charge in [-0.3, -0.25) is 14.7 Å². The maximum Gasteiger partial charge on any atom is 0.222 e. The van der Waals surface area contributed by atoms with E-state index in [0.717, 1.165) is 50.4 Å². The van der Waals surface area contributed by atoms with Crippen LogP contribution in [0.15, 0.2) is 36.8 Å². The molecule has 2 fully saturated rings. The fourth-order valence-electron chi connectivity index (χ4n) is 4.49. The molecule has 6 heteroatoms. The van der Waals surface area contributed by atoms with Crippen molar-refractivity contribution < 1.29 is 4.79 Å². The first-order valence-electron chi connectivity index (χ1n) is 9.90. The lowest BCUT2D eigenvalue weighted by Crippen LogP contribution is -2.53. The Kier molecular flexibility index (Phi) is 5.16. The third-order valence-corrected chi connectivity index (χ3v) is 5.88. The van der Waals surface area contributed by atoms with Gasteiger partial charge in [0.25, 0.3) is 0 Å². The lowest BCUT2D eigenvalue weighted by molar-refractivity contribution is -0.139. The van der Waals surface area contributed by atoms with Crippen LogP contribution < -0.4 is 0 Å². The molecule has 4 heterocycles. The van der Waals surface area contributed by atoms with E-state index in [2.05, 4.69) is 26.8 Å². The van der Waals surface area contributed by atoms with E-state index >= 15 is 0 Å². The maximum absolute atomic E-state index is 12.1. The molecule has 1 amide bonds. The average molecular weight is 365 g/mol. The van der Waals surface area contributed by atoms with Gasteiger partial charge in [0, 0.05) is 62.2 Å². The molecule has 2 aliphatic heterocycles. The van der Waals surface area contributed by atoms with E-state index in [0.29, 0.717) is 18.2 Å². The van der Waals surface area contributed by atoms with Crippen molar-refractivity contribution in [2.24, 2.45) is 5.41 Å². The Balaban J connectivity index is 1.41. The number of pyridine rings is 1. The minimum atomic E-state index is 0.261. The highest BCUT2D eigenvalue weighted by Gasteiger charge is 2.41. The first-order chi connectivity index (χ1) is 13.2. The Morgan fingerprint density at radius 1 is 1.11 bits per heavy atom. The fourth-order valence-corrected chi connectivity index (χ4v) is 4.49. The minimum absolute atomic E-state index is 0.261. The second-order valence-corrected chi connectivity index (χ2v) is 7.85. The molecule has 0 aromatic carbocycles. The summed E-state index contributed by atoms with van der Waals surface area (Å²) in [6.45, 7) is 6.84. The summed E-state index contributed by atoms with van der Waals surface area (Å²) in [6, 6.07) is 5.76. The molecule has 0 N–H and O–H groups in total. The van der Waals surface area contributed by atoms with Crippen molar-refractivity contribution in [2.45, 2.75) is 39.2 Å². The molecule has 142 valence electrons. The van der Waals surface area contributed by atoms with Crippen LogP contribution in [0.25, 0.3) is 11.5 Å². The normalized spacial score (nSPS) is 23.7. The third kappa shape index (κ3) is 4.00. The summed E-state index contributed by atoms with van der Waals surface area (Å²) < 4.78 is 0. The molecule has 2 saturated heterocycles. The van der Waals surface area contributed by atoms with E-state index < -0.39 is 0 Å². The SMILES string of the molecule is CCN1C[C@@]2(CCCN(Cc3cnc(-c4ccccn4)nc3)C2)CCC1=O. The Morgan fingerprint density at radius 2 is 1.96 bits per heavy atom. The highest BCUT2D eigenvalue weighted by Crippen LogP contribution is 2.39. The standard InChI is InChI=1S/C21H27N5O/c1-2-26-16-21(9-7-19(26)27)8-5-11-25(15-21)14-17-12-23-20(24-13-17)18-6-3-4-10-22-18/h3-4,6,10,12-13H,2,5,7-9,11,14-16H2,1H3/t21-/m0/s1. The Hall–Kier alpha value is -2.34. The van der Waals surface area contributed by atoms with Crippen LogP contribution in [0.4, 0.5) is 0 Å². The summed E-state index contributed by atoms with van der Waals surface area (Å²) in [4.78, 5) is 29.9. The largest absolute Gasteiger partial charge is 0.342 e. The number of nitrogens with zero attached hydrogens (tertiary/aromatic N) is 5. The zero-order valence-electron chi connectivity index (χ0n) is 16.0. The van der Waals surface area contributed by atoms with E-state index in [4.69, 9.17) is 0 Å². The van der Waals surface area contributed by atoms with Crippen LogP contribution in [0.5, 0.6) is 0 Å². The number of carbonyl (C=O) groups is 1. The number of rotatable bonds is 4. The van der Waals surface area contributed by atoms with E-state index in [-0.39, 0.29) is 5.41 Å². The molecule has 27 heavy (non-hydrogen) atoms. The average Bonchev–Trinajstić information content (AvgIpc) is 2.71. The molecule has 2 aromatic rings. The second kappa shape index (κ2) is 7.72. The quantitative estimate of drug-likeness (QED) is 0.834. The molecule has 1 spiro atoms. The van der Waals surface area contributed by atoms with E-state index in [1.165, 1.54) is 12.8 Å². The number of carbonyl (C=O) groups excluding carboxylic acids is 1. The number of piperidine rings is 2. The molecule has 4 rings (SSSR count). The predicted molar refractivity (Wildman–Crippen MR) is 104 cm³/mol. The molecule has 2 aromatic heterocycles. The lowest BCUT2D eigenvalue weighted by atomic mass is 9.73. The second-order valence-electron chi connectivity index (χ2n) is 7.85. The van der Waals surface area contributed by atoms with Crippen LogP contribution in [-0.2, 0) is 11.3 Å². The van der Waals surface area contributed by atoms with Crippen molar-refractivity contribution in [1.29, 1.82) is 0 Å². The van der Waals surface area contributed by atoms with Crippen molar-refractivity contribution in [1.82, 2.24) is 24.8 Å². The van der Waals surface area contributed by atoms with Crippen LogP contribution in [-0.4, -0.2) is 56.8 Å². The summed E-state index contributed by atoms with van der Waals surface area (Å²) in [5.41, 5.74) is 2.19. The highest BCUT2D eigenvalue weighted by molar-refractivity contribution is 5.77. The van der Waals surface area contributed by atoms with Crippen LogP contribution >= 0.6 is 0 Å². The van der Waals surface area contributed by atoms with Crippen molar-refractivity contribution in [3.63, 3.8) is 0 Å². The van der Waals surface area contributed by atoms with E-state index in [9.17, 15) is 4.79 Å². The zero-order chi connectivity index (χ0) is 18.7. The summed E-state index contributed by atoms with van der Waals surface area (Å²) in [5.74, 6) is 0.984. The van der Waals surface area contributed by atoms with Crippen LogP contribution in [0.1, 0.15) is 38.2 Å². The number of likely N-dealkylation sites (tertiary alicyclic amines) is 2. The van der Waals surface area contributed by atoms with Crippen LogP contribution in [0.3, 0.4) is 0 Å². The number of hydrogen-bond donors (Lipinski definition) is 0. The van der Waals surface area contributed by atoms with Gasteiger partial charge in [-0.15, -0.1) is 0 Å². The van der Waals surface area contributed by atoms with Gasteiger partial charge in [-0.05, 0) is 44.9 Å². The number of aromatic nitrogens is 3. The van der Waals surface area contributed by atoms with Gasteiger partial charge in [0.1, 0.15) is 5.69 Å². The minimum Gasteiger partial charge on any atom is -0.342 e. The molecule has 0 saturated carbocycles. The summed E-state index contributed by atoms with van der Waals surface area (Å²) in [5, 5.41) is 0. The fraction of sp³-hybridized carbons (Fsp3) is 0.524. The summed E-state index contributed by atoms with van der Waals surface area (Å²) in [6.07, 6.45) is 9.73. The lowest BCUT2D eigenvalue weighted by Gasteiger charge is -2.48. The number of amides is 1.